The molecule has 2 heterocycles. The van der Waals surface area contributed by atoms with E-state index in [1.807, 2.05) is 13.1 Å². The van der Waals surface area contributed by atoms with Gasteiger partial charge in [-0.05, 0) is 50.4 Å². The number of rotatable bonds is 3. The highest BCUT2D eigenvalue weighted by Crippen LogP contribution is 2.63. The second-order valence-electron chi connectivity index (χ2n) is 9.14. The van der Waals surface area contributed by atoms with E-state index >= 15 is 0 Å². The summed E-state index contributed by atoms with van der Waals surface area (Å²) >= 11 is 0. The highest BCUT2D eigenvalue weighted by atomic mass is 16.6. The van der Waals surface area contributed by atoms with Gasteiger partial charge in [-0.3, -0.25) is 9.59 Å². The Morgan fingerprint density at radius 1 is 1.26 bits per heavy atom. The first-order valence-electron chi connectivity index (χ1n) is 10.9. The van der Waals surface area contributed by atoms with Crippen LogP contribution in [0.4, 0.5) is 0 Å². The number of methoxy groups -OCH3 is 2. The normalized spacial score (nSPS) is 33.2. The minimum Gasteiger partial charge on any atom is -0.493 e. The summed E-state index contributed by atoms with van der Waals surface area (Å²) in [5.74, 6) is 0.495. The standard InChI is InChI=1S/C24H29NO6/c1-13(26)30-19-11-15-16(23(27)29-4)12-25(2)10-9-24-17(15)7-5-14-6-8-18(28-3)21(20(14)24)31-22(19)24/h6-8,15-16,19,22H,5,9-12H2,1-4H3/t15-,16?,19+,22+,24+/m1/s1. The molecule has 31 heavy (non-hydrogen) atoms. The molecule has 5 atom stereocenters. The quantitative estimate of drug-likeness (QED) is 0.541. The van der Waals surface area contributed by atoms with Gasteiger partial charge >= 0.3 is 11.9 Å². The third-order valence-electron chi connectivity index (χ3n) is 7.59. The fraction of sp³-hybridized carbons (Fsp3) is 0.583. The molecule has 0 radical (unpaired) electrons. The number of hydrogen-bond acceptors (Lipinski definition) is 7. The minimum atomic E-state index is -0.446. The van der Waals surface area contributed by atoms with Crippen molar-refractivity contribution in [1.29, 1.82) is 0 Å². The zero-order chi connectivity index (χ0) is 21.9. The summed E-state index contributed by atoms with van der Waals surface area (Å²) in [4.78, 5) is 27.1. The van der Waals surface area contributed by atoms with Crippen LogP contribution in [0.15, 0.2) is 23.8 Å². The number of allylic oxidation sites excluding steroid dienone is 1. The minimum absolute atomic E-state index is 0.0790. The third kappa shape index (κ3) is 2.82. The maximum Gasteiger partial charge on any atom is 0.310 e. The van der Waals surface area contributed by atoms with Gasteiger partial charge in [-0.1, -0.05) is 17.7 Å². The Morgan fingerprint density at radius 3 is 2.77 bits per heavy atom. The van der Waals surface area contributed by atoms with Crippen molar-refractivity contribution in [2.45, 2.75) is 43.8 Å². The van der Waals surface area contributed by atoms with E-state index < -0.39 is 11.5 Å². The van der Waals surface area contributed by atoms with Crippen LogP contribution in [0.2, 0.25) is 0 Å². The molecule has 0 aromatic heterocycles. The summed E-state index contributed by atoms with van der Waals surface area (Å²) in [7, 11) is 5.13. The molecule has 1 unspecified atom stereocenters. The molecule has 0 N–H and O–H groups in total. The van der Waals surface area contributed by atoms with Crippen molar-refractivity contribution in [3.05, 3.63) is 34.9 Å². The highest BCUT2D eigenvalue weighted by Gasteiger charge is 2.64. The van der Waals surface area contributed by atoms with Crippen LogP contribution in [0.25, 0.3) is 0 Å². The molecule has 2 aliphatic carbocycles. The van der Waals surface area contributed by atoms with Crippen molar-refractivity contribution in [2.75, 3.05) is 34.4 Å². The van der Waals surface area contributed by atoms with Crippen molar-refractivity contribution >= 4 is 11.9 Å². The summed E-state index contributed by atoms with van der Waals surface area (Å²) in [6, 6.07) is 4.06. The number of nitrogens with zero attached hydrogens (tertiary/aromatic N) is 1. The van der Waals surface area contributed by atoms with Crippen LogP contribution in [-0.4, -0.2) is 63.4 Å². The van der Waals surface area contributed by atoms with Gasteiger partial charge in [0.2, 0.25) is 0 Å². The number of carbonyl (C=O) groups excluding carboxylic acids is 2. The van der Waals surface area contributed by atoms with E-state index in [1.165, 1.54) is 25.2 Å². The summed E-state index contributed by atoms with van der Waals surface area (Å²) < 4.78 is 23.3. The molecule has 2 bridgehead atoms. The van der Waals surface area contributed by atoms with Crippen LogP contribution in [0.1, 0.15) is 30.9 Å². The first kappa shape index (κ1) is 20.4. The van der Waals surface area contributed by atoms with Gasteiger partial charge < -0.3 is 23.8 Å². The first-order chi connectivity index (χ1) is 14.9. The highest BCUT2D eigenvalue weighted by molar-refractivity contribution is 5.75. The lowest BCUT2D eigenvalue weighted by Gasteiger charge is -2.52. The van der Waals surface area contributed by atoms with Crippen molar-refractivity contribution in [2.24, 2.45) is 11.8 Å². The number of ether oxygens (including phenoxy) is 4. The Morgan fingerprint density at radius 2 is 2.06 bits per heavy atom. The number of likely N-dealkylation sites (tertiary alicyclic amines) is 1. The molecule has 4 aliphatic rings. The zero-order valence-electron chi connectivity index (χ0n) is 18.5. The molecule has 1 saturated carbocycles. The topological polar surface area (TPSA) is 74.3 Å². The molecule has 166 valence electrons. The number of esters is 2. The smallest absolute Gasteiger partial charge is 0.310 e. The average Bonchev–Trinajstić information content (AvgIpc) is 3.11. The van der Waals surface area contributed by atoms with Crippen molar-refractivity contribution in [3.63, 3.8) is 0 Å². The second kappa shape index (κ2) is 7.26. The summed E-state index contributed by atoms with van der Waals surface area (Å²) in [6.45, 7) is 2.83. The predicted molar refractivity (Wildman–Crippen MR) is 112 cm³/mol. The Balaban J connectivity index is 1.74. The number of hydrogen-bond donors (Lipinski definition) is 0. The molecule has 7 heteroatoms. The van der Waals surface area contributed by atoms with E-state index in [0.717, 1.165) is 30.7 Å². The van der Waals surface area contributed by atoms with Gasteiger partial charge in [0.05, 0.1) is 25.6 Å². The molecule has 1 saturated heterocycles. The van der Waals surface area contributed by atoms with Crippen molar-refractivity contribution in [3.8, 4) is 11.5 Å². The van der Waals surface area contributed by atoms with Crippen molar-refractivity contribution < 1.29 is 28.5 Å². The van der Waals surface area contributed by atoms with Crippen LogP contribution in [-0.2, 0) is 30.9 Å². The molecule has 2 fully saturated rings. The van der Waals surface area contributed by atoms with Gasteiger partial charge in [0.25, 0.3) is 0 Å². The van der Waals surface area contributed by atoms with E-state index in [4.69, 9.17) is 18.9 Å². The molecule has 7 nitrogen and oxygen atoms in total. The lowest BCUT2D eigenvalue weighted by atomic mass is 9.53. The molecule has 1 aromatic carbocycles. The molecular weight excluding hydrogens is 398 g/mol. The number of carbonyl (C=O) groups is 2. The van der Waals surface area contributed by atoms with Gasteiger partial charge in [0.15, 0.2) is 11.5 Å². The summed E-state index contributed by atoms with van der Waals surface area (Å²) in [5.41, 5.74) is 3.16. The lowest BCUT2D eigenvalue weighted by Crippen LogP contribution is -2.60. The maximum absolute atomic E-state index is 12.9. The molecule has 5 rings (SSSR count). The maximum atomic E-state index is 12.9. The van der Waals surface area contributed by atoms with Crippen LogP contribution >= 0.6 is 0 Å². The predicted octanol–water partition coefficient (Wildman–Crippen LogP) is 2.25. The van der Waals surface area contributed by atoms with Crippen LogP contribution in [0.5, 0.6) is 11.5 Å². The molecule has 1 spiro atoms. The number of benzene rings is 1. The Hall–Kier alpha value is -2.54. The van der Waals surface area contributed by atoms with Crippen LogP contribution < -0.4 is 9.47 Å². The summed E-state index contributed by atoms with van der Waals surface area (Å²) in [6.07, 6.45) is 3.66. The molecular formula is C24H29NO6. The van der Waals surface area contributed by atoms with Crippen LogP contribution in [0, 0.1) is 11.8 Å². The Bertz CT molecular complexity index is 971. The van der Waals surface area contributed by atoms with E-state index in [-0.39, 0.29) is 29.9 Å². The van der Waals surface area contributed by atoms with E-state index in [9.17, 15) is 9.59 Å². The van der Waals surface area contributed by atoms with E-state index in [1.54, 1.807) is 7.11 Å². The monoisotopic (exact) mass is 427 g/mol. The van der Waals surface area contributed by atoms with Gasteiger partial charge in [-0.2, -0.15) is 0 Å². The average molecular weight is 427 g/mol. The summed E-state index contributed by atoms with van der Waals surface area (Å²) in [5, 5.41) is 0. The Labute approximate surface area is 182 Å². The molecule has 0 amide bonds. The fourth-order valence-corrected chi connectivity index (χ4v) is 6.43. The third-order valence-corrected chi connectivity index (χ3v) is 7.59. The van der Waals surface area contributed by atoms with E-state index in [0.29, 0.717) is 18.7 Å². The van der Waals surface area contributed by atoms with Gasteiger partial charge in [-0.15, -0.1) is 0 Å². The lowest BCUT2D eigenvalue weighted by molar-refractivity contribution is -0.159. The fourth-order valence-electron chi connectivity index (χ4n) is 6.43. The molecule has 2 aliphatic heterocycles. The van der Waals surface area contributed by atoms with E-state index in [2.05, 4.69) is 17.0 Å². The zero-order valence-corrected chi connectivity index (χ0v) is 18.5. The van der Waals surface area contributed by atoms with Gasteiger partial charge in [-0.25, -0.2) is 0 Å². The largest absolute Gasteiger partial charge is 0.493 e. The second-order valence-corrected chi connectivity index (χ2v) is 9.14. The first-order valence-corrected chi connectivity index (χ1v) is 10.9. The van der Waals surface area contributed by atoms with Crippen LogP contribution in [0.3, 0.4) is 0 Å². The Kier molecular flexibility index (Phi) is 4.77. The van der Waals surface area contributed by atoms with Gasteiger partial charge in [0.1, 0.15) is 12.2 Å². The van der Waals surface area contributed by atoms with Gasteiger partial charge in [0, 0.05) is 19.0 Å². The van der Waals surface area contributed by atoms with Crippen molar-refractivity contribution in [1.82, 2.24) is 4.90 Å². The molecule has 1 aromatic rings. The SMILES string of the molecule is COC(=O)C1CN(C)CC[C@]23C4=CCc5ccc(OC)c(c52)O[C@H]3[C@@H](OC(C)=O)C[C@@H]41.